The molecule has 2 amide bonds. The number of phenolic OH excluding ortho intramolecular Hbond substituents is 1. The fourth-order valence-corrected chi connectivity index (χ4v) is 7.19. The van der Waals surface area contributed by atoms with Gasteiger partial charge in [0, 0.05) is 28.7 Å². The number of nitrogens with zero attached hydrogens (tertiary/aromatic N) is 1. The number of amides is 2. The van der Waals surface area contributed by atoms with E-state index in [9.17, 15) is 24.3 Å². The fourth-order valence-electron chi connectivity index (χ4n) is 6.74. The molecule has 1 aliphatic heterocycles. The number of fused-ring (bicyclic) bond motifs is 3. The van der Waals surface area contributed by atoms with Crippen LogP contribution in [0.1, 0.15) is 43.7 Å². The summed E-state index contributed by atoms with van der Waals surface area (Å²) < 4.78 is 5.78. The standard InChI is InChI=1S/C32H28BrNO6/c1-3-16-8-10-17(11-9-16)34-31(38)20-13-12-18-21(27(20)32(34)39)14-22-28(24(35)15-23(33)29(22)36)26(18)19-6-5-7-25(30(19)37)40-4-2/h5-12,15,20-21,26-27,37H,3-4,13-14H2,1-2H3/t20-,21+,26+,27-/m0/s1. The zero-order chi connectivity index (χ0) is 28.3. The minimum Gasteiger partial charge on any atom is -0.504 e. The molecule has 1 heterocycles. The van der Waals surface area contributed by atoms with Crippen molar-refractivity contribution in [2.75, 3.05) is 11.5 Å². The number of hydrogen-bond donors (Lipinski definition) is 1. The predicted octanol–water partition coefficient (Wildman–Crippen LogP) is 5.32. The highest BCUT2D eigenvalue weighted by molar-refractivity contribution is 9.12. The lowest BCUT2D eigenvalue weighted by Gasteiger charge is -2.42. The largest absolute Gasteiger partial charge is 0.504 e. The SMILES string of the molecule is CCOc1cccc([C@H]2C3=CC[C@@H]4C(=O)N(c5ccc(CC)cc5)C(=O)[C@@H]4[C@@H]3CC3=C2C(=O)C=C(Br)C3=O)c1O. The first-order chi connectivity index (χ1) is 19.3. The van der Waals surface area contributed by atoms with Gasteiger partial charge < -0.3 is 9.84 Å². The van der Waals surface area contributed by atoms with Gasteiger partial charge in [-0.3, -0.25) is 24.1 Å². The summed E-state index contributed by atoms with van der Waals surface area (Å²) >= 11 is 3.24. The number of imide groups is 1. The maximum atomic E-state index is 14.0. The second kappa shape index (κ2) is 10.0. The topological polar surface area (TPSA) is 101 Å². The van der Waals surface area contributed by atoms with Crippen LogP contribution in [0.2, 0.25) is 0 Å². The molecule has 1 N–H and O–H groups in total. The molecule has 1 fully saturated rings. The first-order valence-corrected chi connectivity index (χ1v) is 14.4. The first kappa shape index (κ1) is 26.4. The Morgan fingerprint density at radius 1 is 1.00 bits per heavy atom. The third-order valence-electron chi connectivity index (χ3n) is 8.58. The number of anilines is 1. The van der Waals surface area contributed by atoms with Crippen LogP contribution in [0.4, 0.5) is 5.69 Å². The van der Waals surface area contributed by atoms with Gasteiger partial charge in [-0.2, -0.15) is 0 Å². The number of carbonyl (C=O) groups is 4. The van der Waals surface area contributed by atoms with Crippen LogP contribution in [-0.2, 0) is 25.6 Å². The molecule has 8 heteroatoms. The molecule has 7 nitrogen and oxygen atoms in total. The van der Waals surface area contributed by atoms with Gasteiger partial charge in [-0.1, -0.05) is 42.8 Å². The summed E-state index contributed by atoms with van der Waals surface area (Å²) in [6, 6.07) is 12.5. The van der Waals surface area contributed by atoms with Crippen molar-refractivity contribution in [1.82, 2.24) is 0 Å². The summed E-state index contributed by atoms with van der Waals surface area (Å²) in [5.41, 5.74) is 3.48. The van der Waals surface area contributed by atoms with Crippen LogP contribution in [0.25, 0.3) is 0 Å². The van der Waals surface area contributed by atoms with Gasteiger partial charge in [-0.05, 0) is 71.8 Å². The Morgan fingerprint density at radius 3 is 2.45 bits per heavy atom. The summed E-state index contributed by atoms with van der Waals surface area (Å²) in [6.07, 6.45) is 4.55. The van der Waals surface area contributed by atoms with E-state index in [0.717, 1.165) is 17.6 Å². The van der Waals surface area contributed by atoms with Crippen molar-refractivity contribution in [3.8, 4) is 11.5 Å². The molecule has 4 aliphatic rings. The lowest BCUT2D eigenvalue weighted by atomic mass is 9.59. The summed E-state index contributed by atoms with van der Waals surface area (Å²) in [6.45, 7) is 4.19. The Hall–Kier alpha value is -3.78. The first-order valence-electron chi connectivity index (χ1n) is 13.6. The number of allylic oxidation sites excluding steroid dienone is 6. The minimum atomic E-state index is -0.746. The third-order valence-corrected chi connectivity index (χ3v) is 9.16. The second-order valence-corrected chi connectivity index (χ2v) is 11.4. The van der Waals surface area contributed by atoms with Crippen molar-refractivity contribution in [1.29, 1.82) is 0 Å². The monoisotopic (exact) mass is 601 g/mol. The van der Waals surface area contributed by atoms with E-state index in [4.69, 9.17) is 4.74 Å². The van der Waals surface area contributed by atoms with Crippen molar-refractivity contribution in [2.24, 2.45) is 17.8 Å². The highest BCUT2D eigenvalue weighted by Gasteiger charge is 2.57. The van der Waals surface area contributed by atoms with Gasteiger partial charge in [0.05, 0.1) is 28.6 Å². The molecule has 2 aromatic carbocycles. The van der Waals surface area contributed by atoms with Gasteiger partial charge >= 0.3 is 0 Å². The van der Waals surface area contributed by atoms with E-state index < -0.39 is 23.7 Å². The Labute approximate surface area is 240 Å². The molecule has 0 saturated carbocycles. The van der Waals surface area contributed by atoms with Crippen LogP contribution < -0.4 is 9.64 Å². The van der Waals surface area contributed by atoms with Crippen molar-refractivity contribution in [2.45, 2.75) is 39.0 Å². The molecule has 2 aromatic rings. The second-order valence-electron chi connectivity index (χ2n) is 10.6. The highest BCUT2D eigenvalue weighted by atomic mass is 79.9. The Bertz CT molecular complexity index is 1570. The molecule has 0 unspecified atom stereocenters. The average Bonchev–Trinajstić information content (AvgIpc) is 3.21. The Balaban J connectivity index is 1.48. The molecular weight excluding hydrogens is 574 g/mol. The van der Waals surface area contributed by atoms with E-state index in [0.29, 0.717) is 35.4 Å². The number of halogens is 1. The molecule has 40 heavy (non-hydrogen) atoms. The number of aryl methyl sites for hydroxylation is 1. The van der Waals surface area contributed by atoms with Crippen molar-refractivity contribution >= 4 is 45.0 Å². The van der Waals surface area contributed by atoms with Gasteiger partial charge in [0.1, 0.15) is 0 Å². The molecular formula is C32H28BrNO6. The lowest BCUT2D eigenvalue weighted by molar-refractivity contribution is -0.123. The quantitative estimate of drug-likeness (QED) is 0.283. The number of carbonyl (C=O) groups excluding carboxylic acids is 4. The van der Waals surface area contributed by atoms with Gasteiger partial charge in [0.2, 0.25) is 11.8 Å². The Morgan fingerprint density at radius 2 is 1.75 bits per heavy atom. The average molecular weight is 602 g/mol. The van der Waals surface area contributed by atoms with Crippen LogP contribution in [0, 0.1) is 17.8 Å². The molecule has 0 radical (unpaired) electrons. The number of benzene rings is 2. The van der Waals surface area contributed by atoms with Gasteiger partial charge in [0.25, 0.3) is 0 Å². The zero-order valence-corrected chi connectivity index (χ0v) is 23.7. The number of phenols is 1. The van der Waals surface area contributed by atoms with E-state index in [-0.39, 0.29) is 45.8 Å². The van der Waals surface area contributed by atoms with Gasteiger partial charge in [-0.25, -0.2) is 0 Å². The lowest BCUT2D eigenvalue weighted by Crippen LogP contribution is -2.39. The van der Waals surface area contributed by atoms with Crippen LogP contribution in [0.3, 0.4) is 0 Å². The molecule has 6 rings (SSSR count). The zero-order valence-electron chi connectivity index (χ0n) is 22.1. The normalized spacial score (nSPS) is 25.8. The number of hydrogen-bond acceptors (Lipinski definition) is 6. The van der Waals surface area contributed by atoms with Gasteiger partial charge in [0.15, 0.2) is 23.1 Å². The summed E-state index contributed by atoms with van der Waals surface area (Å²) in [4.78, 5) is 55.7. The number of aromatic hydroxyl groups is 1. The highest BCUT2D eigenvalue weighted by Crippen LogP contribution is 2.57. The van der Waals surface area contributed by atoms with E-state index in [1.165, 1.54) is 11.0 Å². The minimum absolute atomic E-state index is 0.106. The molecule has 0 bridgehead atoms. The molecule has 1 saturated heterocycles. The van der Waals surface area contributed by atoms with Gasteiger partial charge in [-0.15, -0.1) is 0 Å². The number of rotatable bonds is 5. The van der Waals surface area contributed by atoms with E-state index in [2.05, 4.69) is 15.9 Å². The summed E-state index contributed by atoms with van der Waals surface area (Å²) in [5, 5.41) is 11.2. The van der Waals surface area contributed by atoms with Crippen molar-refractivity contribution in [3.63, 3.8) is 0 Å². The number of ether oxygens (including phenoxy) is 1. The molecule has 0 spiro atoms. The maximum Gasteiger partial charge on any atom is 0.238 e. The van der Waals surface area contributed by atoms with Crippen molar-refractivity contribution in [3.05, 3.63) is 86.9 Å². The smallest absolute Gasteiger partial charge is 0.238 e. The summed E-state index contributed by atoms with van der Waals surface area (Å²) in [5.74, 6) is -3.48. The van der Waals surface area contributed by atoms with Crippen molar-refractivity contribution < 1.29 is 29.0 Å². The van der Waals surface area contributed by atoms with Crippen LogP contribution in [0.5, 0.6) is 11.5 Å². The Kier molecular flexibility index (Phi) is 6.61. The maximum absolute atomic E-state index is 14.0. The predicted molar refractivity (Wildman–Crippen MR) is 152 cm³/mol. The molecule has 4 atom stereocenters. The molecule has 0 aromatic heterocycles. The number of Topliss-reactive ketones (excluding diaryl/α,β-unsaturated/α-hetero) is 1. The summed E-state index contributed by atoms with van der Waals surface area (Å²) in [7, 11) is 0. The fraction of sp³-hybridized carbons (Fsp3) is 0.312. The number of ketones is 2. The molecule has 204 valence electrons. The molecule has 3 aliphatic carbocycles. The van der Waals surface area contributed by atoms with Crippen LogP contribution >= 0.6 is 15.9 Å². The van der Waals surface area contributed by atoms with Crippen LogP contribution in [-0.4, -0.2) is 35.1 Å². The van der Waals surface area contributed by atoms with E-state index >= 15 is 0 Å². The van der Waals surface area contributed by atoms with E-state index in [1.807, 2.05) is 32.1 Å². The third kappa shape index (κ3) is 3.91. The van der Waals surface area contributed by atoms with Crippen LogP contribution in [0.15, 0.2) is 75.8 Å². The number of para-hydroxylation sites is 1. The van der Waals surface area contributed by atoms with E-state index in [1.54, 1.807) is 30.3 Å².